The van der Waals surface area contributed by atoms with Crippen LogP contribution in [0.2, 0.25) is 0 Å². The minimum Gasteiger partial charge on any atom is -0.493 e. The van der Waals surface area contributed by atoms with Crippen LogP contribution in [-0.2, 0) is 30.8 Å². The van der Waals surface area contributed by atoms with Gasteiger partial charge in [0.15, 0.2) is 23.0 Å². The third-order valence-corrected chi connectivity index (χ3v) is 10.5. The highest BCUT2D eigenvalue weighted by Gasteiger charge is 2.38. The molecule has 4 heterocycles. The Kier molecular flexibility index (Phi) is 8.72. The molecule has 0 fully saturated rings. The number of methoxy groups -OCH3 is 3. The Hall–Kier alpha value is -6.95. The molecule has 0 N–H and O–H groups in total. The summed E-state index contributed by atoms with van der Waals surface area (Å²) in [5, 5.41) is 0. The number of nitrogens with zero attached hydrogens (tertiary/aromatic N) is 4. The summed E-state index contributed by atoms with van der Waals surface area (Å²) < 4.78 is 29.0. The van der Waals surface area contributed by atoms with Gasteiger partial charge in [-0.05, 0) is 64.7 Å². The van der Waals surface area contributed by atoms with Crippen LogP contribution in [0.4, 0.5) is 22.7 Å². The Morgan fingerprint density at radius 3 is 1.54 bits per heavy atom. The summed E-state index contributed by atoms with van der Waals surface area (Å²) in [6.07, 6.45) is 4.98. The molecular weight excluding hydrogens is 713 g/mol. The van der Waals surface area contributed by atoms with E-state index in [1.807, 2.05) is 54.6 Å². The minimum absolute atomic E-state index is 0.0482. The highest BCUT2D eigenvalue weighted by molar-refractivity contribution is 6.15. The number of anilines is 2. The first-order chi connectivity index (χ1) is 27.3. The fraction of sp³-hybridized carbons (Fsp3) is 0.205. The number of carbonyl (C=O) groups is 3. The molecule has 12 nitrogen and oxygen atoms in total. The number of hydrogen-bond acceptors (Lipinski definition) is 10. The molecule has 2 atom stereocenters. The lowest BCUT2D eigenvalue weighted by atomic mass is 10.1. The van der Waals surface area contributed by atoms with Gasteiger partial charge in [-0.2, -0.15) is 0 Å². The Balaban J connectivity index is 0.960. The summed E-state index contributed by atoms with van der Waals surface area (Å²) in [6.45, 7) is 0.0963. The average Bonchev–Trinajstić information content (AvgIpc) is 3.72. The standard InChI is InChI=1S/C44H36N4O8/c1-52-38-17-32-34(45-21-30-15-27-8-4-6-10-36(27)47(30)42(32)49)19-40(38)55-23-25-12-26(14-29(13-25)44(51)54-3)24-56-41-20-35-33(18-39(41)53-2)43(50)48-31(22-46-35)16-28-9-5-7-11-37(28)48/h4-14,17-22,30-31H,15-16,23-24H2,1-3H3/t30-,31?/m0/s1. The van der Waals surface area contributed by atoms with Gasteiger partial charge < -0.3 is 23.7 Å². The van der Waals surface area contributed by atoms with Gasteiger partial charge in [-0.3, -0.25) is 29.4 Å². The predicted molar refractivity (Wildman–Crippen MR) is 210 cm³/mol. The van der Waals surface area contributed by atoms with E-state index in [-0.39, 0.29) is 37.1 Å². The zero-order chi connectivity index (χ0) is 38.5. The van der Waals surface area contributed by atoms with Crippen molar-refractivity contribution in [3.05, 3.63) is 130 Å². The van der Waals surface area contributed by atoms with Crippen molar-refractivity contribution in [1.82, 2.24) is 0 Å². The fourth-order valence-corrected chi connectivity index (χ4v) is 7.86. The lowest BCUT2D eigenvalue weighted by Crippen LogP contribution is -2.37. The second-order valence-corrected chi connectivity index (χ2v) is 13.9. The Labute approximate surface area is 322 Å². The number of esters is 1. The molecule has 56 heavy (non-hydrogen) atoms. The van der Waals surface area contributed by atoms with Crippen molar-refractivity contribution in [3.63, 3.8) is 0 Å². The van der Waals surface area contributed by atoms with E-state index in [0.717, 1.165) is 22.5 Å². The number of rotatable bonds is 9. The van der Waals surface area contributed by atoms with Gasteiger partial charge in [-0.1, -0.05) is 36.4 Å². The second-order valence-electron chi connectivity index (χ2n) is 13.9. The Morgan fingerprint density at radius 1 is 0.625 bits per heavy atom. The van der Waals surface area contributed by atoms with Crippen molar-refractivity contribution >= 4 is 53.0 Å². The molecule has 0 saturated heterocycles. The maximum Gasteiger partial charge on any atom is 0.337 e. The maximum absolute atomic E-state index is 13.9. The first-order valence-electron chi connectivity index (χ1n) is 18.2. The molecule has 0 spiro atoms. The van der Waals surface area contributed by atoms with Crippen LogP contribution in [0.15, 0.2) is 101 Å². The molecule has 5 aromatic rings. The number of benzene rings is 5. The summed E-state index contributed by atoms with van der Waals surface area (Å²) in [7, 11) is 4.35. The molecule has 0 saturated carbocycles. The maximum atomic E-state index is 13.9. The fourth-order valence-electron chi connectivity index (χ4n) is 7.86. The monoisotopic (exact) mass is 748 g/mol. The van der Waals surface area contributed by atoms with Crippen molar-refractivity contribution in [2.24, 2.45) is 9.98 Å². The number of carbonyl (C=O) groups excluding carboxylic acids is 3. The molecule has 0 bridgehead atoms. The smallest absolute Gasteiger partial charge is 0.337 e. The lowest BCUT2D eigenvalue weighted by molar-refractivity contribution is 0.0600. The van der Waals surface area contributed by atoms with Gasteiger partial charge in [-0.15, -0.1) is 0 Å². The first kappa shape index (κ1) is 34.8. The lowest BCUT2D eigenvalue weighted by Gasteiger charge is -2.22. The van der Waals surface area contributed by atoms with Crippen LogP contribution < -0.4 is 28.7 Å². The molecule has 9 rings (SSSR count). The summed E-state index contributed by atoms with van der Waals surface area (Å²) in [5.41, 5.74) is 7.34. The highest BCUT2D eigenvalue weighted by atomic mass is 16.5. The van der Waals surface area contributed by atoms with Crippen LogP contribution >= 0.6 is 0 Å². The second kappa shape index (κ2) is 14.0. The van der Waals surface area contributed by atoms with E-state index in [9.17, 15) is 14.4 Å². The summed E-state index contributed by atoms with van der Waals surface area (Å²) in [4.78, 5) is 53.5. The largest absolute Gasteiger partial charge is 0.493 e. The molecule has 12 heteroatoms. The first-order valence-corrected chi connectivity index (χ1v) is 18.2. The zero-order valence-corrected chi connectivity index (χ0v) is 30.9. The Morgan fingerprint density at radius 2 is 1.09 bits per heavy atom. The normalized spacial score (nSPS) is 17.1. The molecule has 5 aromatic carbocycles. The summed E-state index contributed by atoms with van der Waals surface area (Å²) in [5.74, 6) is 0.649. The van der Waals surface area contributed by atoms with Crippen LogP contribution in [0.1, 0.15) is 53.3 Å². The van der Waals surface area contributed by atoms with Crippen molar-refractivity contribution < 1.29 is 38.1 Å². The quantitative estimate of drug-likeness (QED) is 0.145. The molecule has 1 unspecified atom stereocenters. The molecule has 0 aliphatic carbocycles. The predicted octanol–water partition coefficient (Wildman–Crippen LogP) is 7.22. The number of hydrogen-bond donors (Lipinski definition) is 0. The van der Waals surface area contributed by atoms with E-state index in [1.165, 1.54) is 21.3 Å². The molecule has 4 aliphatic heterocycles. The molecule has 0 radical (unpaired) electrons. The third-order valence-electron chi connectivity index (χ3n) is 10.5. The van der Waals surface area contributed by atoms with Crippen molar-refractivity contribution in [3.8, 4) is 23.0 Å². The SMILES string of the molecule is COC(=O)c1cc(COc2cc3c(cc2OC)C(=O)N2c4ccccc4CC2C=N3)cc(COc2cc3c(cc2OC)C(=O)N2c4ccccc4C[C@H]2C=N3)c1. The van der Waals surface area contributed by atoms with Crippen LogP contribution in [0, 0.1) is 0 Å². The number of ether oxygens (including phenoxy) is 5. The summed E-state index contributed by atoms with van der Waals surface area (Å²) >= 11 is 0. The van der Waals surface area contributed by atoms with Gasteiger partial charge in [0.2, 0.25) is 0 Å². The van der Waals surface area contributed by atoms with E-state index < -0.39 is 5.97 Å². The van der Waals surface area contributed by atoms with Gasteiger partial charge in [-0.25, -0.2) is 4.79 Å². The number of aliphatic imine (C=N–C) groups is 2. The molecule has 280 valence electrons. The topological polar surface area (TPSA) is 129 Å². The van der Waals surface area contributed by atoms with Crippen LogP contribution in [0.5, 0.6) is 23.0 Å². The van der Waals surface area contributed by atoms with Crippen LogP contribution in [0.25, 0.3) is 0 Å². The number of amides is 2. The van der Waals surface area contributed by atoms with Crippen LogP contribution in [-0.4, -0.2) is 63.6 Å². The molecule has 4 aliphatic rings. The molecular formula is C44H36N4O8. The van der Waals surface area contributed by atoms with Gasteiger partial charge in [0.1, 0.15) is 13.2 Å². The van der Waals surface area contributed by atoms with E-state index in [2.05, 4.69) is 0 Å². The highest BCUT2D eigenvalue weighted by Crippen LogP contribution is 2.43. The minimum atomic E-state index is -0.525. The molecule has 0 aromatic heterocycles. The van der Waals surface area contributed by atoms with Crippen molar-refractivity contribution in [2.75, 3.05) is 31.1 Å². The van der Waals surface area contributed by atoms with Crippen LogP contribution in [0.3, 0.4) is 0 Å². The van der Waals surface area contributed by atoms with Crippen molar-refractivity contribution in [2.45, 2.75) is 38.1 Å². The Bertz CT molecular complexity index is 2350. The third kappa shape index (κ3) is 5.99. The van der Waals surface area contributed by atoms with E-state index in [0.29, 0.717) is 75.0 Å². The van der Waals surface area contributed by atoms with Gasteiger partial charge in [0, 0.05) is 48.8 Å². The average molecular weight is 749 g/mol. The van der Waals surface area contributed by atoms with E-state index >= 15 is 0 Å². The van der Waals surface area contributed by atoms with Crippen molar-refractivity contribution in [1.29, 1.82) is 0 Å². The molecule has 2 amide bonds. The van der Waals surface area contributed by atoms with Gasteiger partial charge in [0.05, 0.1) is 61.5 Å². The summed E-state index contributed by atoms with van der Waals surface area (Å²) in [6, 6.07) is 27.3. The number of para-hydroxylation sites is 2. The van der Waals surface area contributed by atoms with Gasteiger partial charge in [0.25, 0.3) is 11.8 Å². The van der Waals surface area contributed by atoms with Gasteiger partial charge >= 0.3 is 5.97 Å². The zero-order valence-electron chi connectivity index (χ0n) is 30.9. The van der Waals surface area contributed by atoms with E-state index in [4.69, 9.17) is 33.7 Å². The van der Waals surface area contributed by atoms with E-state index in [1.54, 1.807) is 58.6 Å². The number of fused-ring (bicyclic) bond motifs is 8.